The van der Waals surface area contributed by atoms with Crippen LogP contribution in [0.4, 0.5) is 4.79 Å². The Morgan fingerprint density at radius 3 is 2.38 bits per heavy atom. The van der Waals surface area contributed by atoms with Crippen LogP contribution in [0, 0.1) is 0 Å². The molecule has 1 unspecified atom stereocenters. The molecule has 0 radical (unpaired) electrons. The second kappa shape index (κ2) is 8.75. The van der Waals surface area contributed by atoms with E-state index in [1.165, 1.54) is 18.3 Å². The molecule has 8 heteroatoms. The minimum Gasteiger partial charge on any atom is -0.444 e. The molecule has 0 aliphatic rings. The molecule has 0 spiro atoms. The molecule has 140 valence electrons. The van der Waals surface area contributed by atoms with E-state index in [1.54, 1.807) is 5.51 Å². The summed E-state index contributed by atoms with van der Waals surface area (Å²) in [5.41, 5.74) is 3.15. The Kier molecular flexibility index (Phi) is 6.68. The molecular weight excluding hydrogens is 352 g/mol. The van der Waals surface area contributed by atoms with E-state index >= 15 is 0 Å². The number of nitrogens with zero attached hydrogens (tertiary/aromatic N) is 2. The van der Waals surface area contributed by atoms with Gasteiger partial charge in [0.1, 0.15) is 16.1 Å². The van der Waals surface area contributed by atoms with Crippen molar-refractivity contribution < 1.29 is 14.3 Å². The SMILES string of the molecule is CC(=O)NC(Cc1ccc(CNC(=O)OC(C)(C)C)cc1)c1nncs1. The average Bonchev–Trinajstić information content (AvgIpc) is 3.06. The highest BCUT2D eigenvalue weighted by Gasteiger charge is 2.17. The van der Waals surface area contributed by atoms with Crippen molar-refractivity contribution in [3.8, 4) is 0 Å². The van der Waals surface area contributed by atoms with E-state index < -0.39 is 11.7 Å². The molecule has 0 fully saturated rings. The van der Waals surface area contributed by atoms with Crippen LogP contribution in [0.5, 0.6) is 0 Å². The summed E-state index contributed by atoms with van der Waals surface area (Å²) >= 11 is 1.41. The molecule has 2 aromatic rings. The lowest BCUT2D eigenvalue weighted by Crippen LogP contribution is -2.32. The van der Waals surface area contributed by atoms with Gasteiger partial charge in [-0.05, 0) is 38.3 Å². The molecule has 0 aliphatic carbocycles. The second-order valence-electron chi connectivity index (χ2n) is 6.91. The Morgan fingerprint density at radius 1 is 1.19 bits per heavy atom. The van der Waals surface area contributed by atoms with Gasteiger partial charge in [-0.1, -0.05) is 24.3 Å². The van der Waals surface area contributed by atoms with Gasteiger partial charge < -0.3 is 15.4 Å². The number of amides is 2. The lowest BCUT2D eigenvalue weighted by Gasteiger charge is -2.19. The number of ether oxygens (including phenoxy) is 1. The van der Waals surface area contributed by atoms with Crippen molar-refractivity contribution in [3.05, 3.63) is 45.9 Å². The Bertz CT molecular complexity index is 724. The van der Waals surface area contributed by atoms with Crippen molar-refractivity contribution in [2.45, 2.75) is 52.3 Å². The summed E-state index contributed by atoms with van der Waals surface area (Å²) in [6.07, 6.45) is 0.178. The van der Waals surface area contributed by atoms with E-state index in [9.17, 15) is 9.59 Å². The molecule has 1 aromatic heterocycles. The molecule has 0 saturated heterocycles. The van der Waals surface area contributed by atoms with Gasteiger partial charge in [0.25, 0.3) is 0 Å². The van der Waals surface area contributed by atoms with Crippen LogP contribution in [0.25, 0.3) is 0 Å². The number of aromatic nitrogens is 2. The van der Waals surface area contributed by atoms with E-state index in [2.05, 4.69) is 20.8 Å². The number of hydrogen-bond donors (Lipinski definition) is 2. The van der Waals surface area contributed by atoms with E-state index in [0.717, 1.165) is 16.1 Å². The standard InChI is InChI=1S/C18H24N4O3S/c1-12(23)21-15(16-22-20-11-26-16)9-13-5-7-14(8-6-13)10-19-17(24)25-18(2,3)4/h5-8,11,15H,9-10H2,1-4H3,(H,19,24)(H,21,23). The van der Waals surface area contributed by atoms with Gasteiger partial charge in [0.15, 0.2) is 0 Å². The molecule has 1 heterocycles. The molecule has 0 aliphatic heterocycles. The van der Waals surface area contributed by atoms with Gasteiger partial charge in [0.05, 0.1) is 6.04 Å². The van der Waals surface area contributed by atoms with Crippen molar-refractivity contribution in [1.29, 1.82) is 0 Å². The highest BCUT2D eigenvalue weighted by Crippen LogP contribution is 2.20. The molecule has 2 rings (SSSR count). The van der Waals surface area contributed by atoms with Gasteiger partial charge in [0.2, 0.25) is 5.91 Å². The number of nitrogens with one attached hydrogen (secondary N) is 2. The zero-order chi connectivity index (χ0) is 19.2. The summed E-state index contributed by atoms with van der Waals surface area (Å²) in [4.78, 5) is 23.1. The average molecular weight is 376 g/mol. The van der Waals surface area contributed by atoms with E-state index in [4.69, 9.17) is 4.74 Å². The van der Waals surface area contributed by atoms with Crippen molar-refractivity contribution in [2.24, 2.45) is 0 Å². The summed E-state index contributed by atoms with van der Waals surface area (Å²) in [5, 5.41) is 14.3. The van der Waals surface area contributed by atoms with Crippen LogP contribution in [0.3, 0.4) is 0 Å². The van der Waals surface area contributed by atoms with Crippen LogP contribution in [0.15, 0.2) is 29.8 Å². The van der Waals surface area contributed by atoms with Gasteiger partial charge in [-0.15, -0.1) is 21.5 Å². The van der Waals surface area contributed by atoms with Crippen LogP contribution in [-0.4, -0.2) is 27.8 Å². The summed E-state index contributed by atoms with van der Waals surface area (Å²) in [5.74, 6) is -0.108. The van der Waals surface area contributed by atoms with Gasteiger partial charge >= 0.3 is 6.09 Å². The third-order valence-electron chi connectivity index (χ3n) is 3.35. The zero-order valence-electron chi connectivity index (χ0n) is 15.4. The van der Waals surface area contributed by atoms with Crippen molar-refractivity contribution in [1.82, 2.24) is 20.8 Å². The maximum absolute atomic E-state index is 11.7. The van der Waals surface area contributed by atoms with Crippen LogP contribution in [0.1, 0.15) is 49.9 Å². The number of alkyl carbamates (subject to hydrolysis) is 1. The molecule has 1 atom stereocenters. The summed E-state index contributed by atoms with van der Waals surface area (Å²) < 4.78 is 5.21. The predicted octanol–water partition coefficient (Wildman–Crippen LogP) is 2.98. The van der Waals surface area contributed by atoms with Gasteiger partial charge in [-0.2, -0.15) is 0 Å². The highest BCUT2D eigenvalue weighted by atomic mass is 32.1. The molecular formula is C18H24N4O3S. The Morgan fingerprint density at radius 2 is 1.85 bits per heavy atom. The molecule has 0 bridgehead atoms. The first-order valence-electron chi connectivity index (χ1n) is 8.31. The number of carbonyl (C=O) groups is 2. The smallest absolute Gasteiger partial charge is 0.407 e. The Labute approximate surface area is 157 Å². The molecule has 1 aromatic carbocycles. The largest absolute Gasteiger partial charge is 0.444 e. The summed E-state index contributed by atoms with van der Waals surface area (Å²) in [6, 6.07) is 7.63. The second-order valence-corrected chi connectivity index (χ2v) is 7.77. The summed E-state index contributed by atoms with van der Waals surface area (Å²) in [7, 11) is 0. The van der Waals surface area contributed by atoms with Crippen LogP contribution >= 0.6 is 11.3 Å². The predicted molar refractivity (Wildman–Crippen MR) is 99.7 cm³/mol. The quantitative estimate of drug-likeness (QED) is 0.808. The maximum Gasteiger partial charge on any atom is 0.407 e. The fraction of sp³-hybridized carbons (Fsp3) is 0.444. The minimum absolute atomic E-state index is 0.108. The third kappa shape index (κ3) is 6.79. The number of carbonyl (C=O) groups excluding carboxylic acids is 2. The van der Waals surface area contributed by atoms with Crippen LogP contribution in [-0.2, 0) is 22.5 Å². The van der Waals surface area contributed by atoms with Crippen molar-refractivity contribution in [3.63, 3.8) is 0 Å². The van der Waals surface area contributed by atoms with Gasteiger partial charge in [-0.25, -0.2) is 4.79 Å². The minimum atomic E-state index is -0.517. The lowest BCUT2D eigenvalue weighted by molar-refractivity contribution is -0.119. The van der Waals surface area contributed by atoms with Gasteiger partial charge in [-0.3, -0.25) is 4.79 Å². The fourth-order valence-electron chi connectivity index (χ4n) is 2.30. The van der Waals surface area contributed by atoms with Crippen LogP contribution < -0.4 is 10.6 Å². The van der Waals surface area contributed by atoms with Crippen molar-refractivity contribution in [2.75, 3.05) is 0 Å². The molecule has 2 N–H and O–H groups in total. The van der Waals surface area contributed by atoms with Crippen molar-refractivity contribution >= 4 is 23.3 Å². The summed E-state index contributed by atoms with van der Waals surface area (Å²) in [6.45, 7) is 7.35. The topological polar surface area (TPSA) is 93.2 Å². The highest BCUT2D eigenvalue weighted by molar-refractivity contribution is 7.09. The first-order chi connectivity index (χ1) is 12.2. The molecule has 2 amide bonds. The first-order valence-corrected chi connectivity index (χ1v) is 9.19. The number of benzene rings is 1. The molecule has 0 saturated carbocycles. The number of rotatable bonds is 6. The first kappa shape index (κ1) is 19.8. The Hall–Kier alpha value is -2.48. The van der Waals surface area contributed by atoms with Crippen LogP contribution in [0.2, 0.25) is 0 Å². The molecule has 7 nitrogen and oxygen atoms in total. The molecule has 26 heavy (non-hydrogen) atoms. The third-order valence-corrected chi connectivity index (χ3v) is 4.16. The van der Waals surface area contributed by atoms with Gasteiger partial charge in [0, 0.05) is 13.5 Å². The zero-order valence-corrected chi connectivity index (χ0v) is 16.2. The lowest BCUT2D eigenvalue weighted by atomic mass is 10.0. The fourth-order valence-corrected chi connectivity index (χ4v) is 2.90. The number of hydrogen-bond acceptors (Lipinski definition) is 6. The van der Waals surface area contributed by atoms with E-state index in [0.29, 0.717) is 13.0 Å². The Balaban J connectivity index is 1.93. The van der Waals surface area contributed by atoms with E-state index in [-0.39, 0.29) is 11.9 Å². The van der Waals surface area contributed by atoms with E-state index in [1.807, 2.05) is 45.0 Å². The maximum atomic E-state index is 11.7. The monoisotopic (exact) mass is 376 g/mol. The normalized spacial score (nSPS) is 12.3.